The maximum absolute atomic E-state index is 5.89. The molecule has 70 valence electrons. The van der Waals surface area contributed by atoms with Crippen molar-refractivity contribution in [2.24, 2.45) is 0 Å². The van der Waals surface area contributed by atoms with Crippen LogP contribution in [0, 0.1) is 0 Å². The fourth-order valence-corrected chi connectivity index (χ4v) is 1.79. The monoisotopic (exact) mass is 176 g/mol. The largest absolute Gasteiger partial charge is 0.397 e. The Morgan fingerprint density at radius 3 is 2.77 bits per heavy atom. The molecule has 0 bridgehead atoms. The molecule has 1 saturated carbocycles. The van der Waals surface area contributed by atoms with Crippen molar-refractivity contribution in [1.29, 1.82) is 0 Å². The van der Waals surface area contributed by atoms with E-state index < -0.39 is 0 Å². The molecule has 0 aliphatic heterocycles. The van der Waals surface area contributed by atoms with E-state index in [2.05, 4.69) is 18.0 Å². The normalized spacial score (nSPS) is 17.0. The zero-order valence-corrected chi connectivity index (χ0v) is 8.09. The Kier molecular flexibility index (Phi) is 2.21. The van der Waals surface area contributed by atoms with Crippen LogP contribution in [-0.4, -0.2) is 4.98 Å². The second-order valence-electron chi connectivity index (χ2n) is 3.79. The lowest BCUT2D eigenvalue weighted by atomic mass is 9.80. The lowest BCUT2D eigenvalue weighted by molar-refractivity contribution is 0.419. The molecule has 1 fully saturated rings. The van der Waals surface area contributed by atoms with Crippen LogP contribution in [0.4, 0.5) is 5.69 Å². The van der Waals surface area contributed by atoms with Crippen molar-refractivity contribution < 1.29 is 0 Å². The number of aromatic nitrogens is 1. The number of aryl methyl sites for hydroxylation is 1. The van der Waals surface area contributed by atoms with Gasteiger partial charge in [-0.05, 0) is 36.8 Å². The summed E-state index contributed by atoms with van der Waals surface area (Å²) in [7, 11) is 0. The molecular formula is C11H16N2. The van der Waals surface area contributed by atoms with Gasteiger partial charge in [-0.15, -0.1) is 0 Å². The first-order valence-electron chi connectivity index (χ1n) is 5.05. The van der Waals surface area contributed by atoms with E-state index in [9.17, 15) is 0 Å². The van der Waals surface area contributed by atoms with Crippen LogP contribution in [0.3, 0.4) is 0 Å². The van der Waals surface area contributed by atoms with E-state index in [-0.39, 0.29) is 0 Å². The zero-order valence-electron chi connectivity index (χ0n) is 8.09. The molecule has 2 nitrogen and oxygen atoms in total. The summed E-state index contributed by atoms with van der Waals surface area (Å²) in [5.74, 6) is 0.737. The van der Waals surface area contributed by atoms with Gasteiger partial charge in [-0.1, -0.05) is 13.3 Å². The summed E-state index contributed by atoms with van der Waals surface area (Å²) in [6, 6.07) is 2.11. The molecule has 13 heavy (non-hydrogen) atoms. The molecule has 0 aromatic carbocycles. The van der Waals surface area contributed by atoms with E-state index in [4.69, 9.17) is 5.73 Å². The van der Waals surface area contributed by atoms with Crippen molar-refractivity contribution in [2.75, 3.05) is 5.73 Å². The zero-order chi connectivity index (χ0) is 9.26. The summed E-state index contributed by atoms with van der Waals surface area (Å²) < 4.78 is 0. The SMILES string of the molecule is CCc1ncc(C2CCC2)cc1N. The minimum Gasteiger partial charge on any atom is -0.397 e. The summed E-state index contributed by atoms with van der Waals surface area (Å²) in [5, 5.41) is 0. The molecule has 0 amide bonds. The number of rotatable bonds is 2. The van der Waals surface area contributed by atoms with Gasteiger partial charge in [-0.3, -0.25) is 4.98 Å². The first-order chi connectivity index (χ1) is 6.31. The van der Waals surface area contributed by atoms with E-state index >= 15 is 0 Å². The molecule has 1 aromatic heterocycles. The summed E-state index contributed by atoms with van der Waals surface area (Å²) >= 11 is 0. The van der Waals surface area contributed by atoms with Gasteiger partial charge in [0.1, 0.15) is 0 Å². The second-order valence-corrected chi connectivity index (χ2v) is 3.79. The average Bonchev–Trinajstić information content (AvgIpc) is 2.01. The van der Waals surface area contributed by atoms with Gasteiger partial charge in [0.2, 0.25) is 0 Å². The van der Waals surface area contributed by atoms with Crippen LogP contribution in [-0.2, 0) is 6.42 Å². The number of nitrogen functional groups attached to an aromatic ring is 1. The van der Waals surface area contributed by atoms with E-state index in [0.29, 0.717) is 0 Å². The Morgan fingerprint density at radius 1 is 1.54 bits per heavy atom. The molecule has 0 atom stereocenters. The van der Waals surface area contributed by atoms with Crippen molar-refractivity contribution in [1.82, 2.24) is 4.98 Å². The van der Waals surface area contributed by atoms with Crippen molar-refractivity contribution in [3.63, 3.8) is 0 Å². The second kappa shape index (κ2) is 3.36. The first kappa shape index (κ1) is 8.54. The lowest BCUT2D eigenvalue weighted by Crippen LogP contribution is -2.10. The molecule has 2 N–H and O–H groups in total. The molecule has 1 aliphatic carbocycles. The Labute approximate surface area is 79.2 Å². The third kappa shape index (κ3) is 1.53. The highest BCUT2D eigenvalue weighted by Crippen LogP contribution is 2.36. The van der Waals surface area contributed by atoms with Crippen molar-refractivity contribution in [3.8, 4) is 0 Å². The molecule has 1 aliphatic rings. The third-order valence-corrected chi connectivity index (χ3v) is 2.94. The summed E-state index contributed by atoms with van der Waals surface area (Å²) in [6.45, 7) is 2.09. The van der Waals surface area contributed by atoms with E-state index in [1.807, 2.05) is 6.20 Å². The maximum Gasteiger partial charge on any atom is 0.0630 e. The van der Waals surface area contributed by atoms with Gasteiger partial charge < -0.3 is 5.73 Å². The van der Waals surface area contributed by atoms with Crippen LogP contribution in [0.15, 0.2) is 12.3 Å². The highest BCUT2D eigenvalue weighted by molar-refractivity contribution is 5.45. The van der Waals surface area contributed by atoms with Crippen LogP contribution < -0.4 is 5.73 Å². The Balaban J connectivity index is 2.24. The summed E-state index contributed by atoms with van der Waals surface area (Å²) in [5.41, 5.74) is 9.12. The van der Waals surface area contributed by atoms with Gasteiger partial charge in [-0.25, -0.2) is 0 Å². The molecule has 1 aromatic rings. The minimum absolute atomic E-state index is 0.737. The average molecular weight is 176 g/mol. The number of nitrogens with zero attached hydrogens (tertiary/aromatic N) is 1. The minimum atomic E-state index is 0.737. The molecule has 0 unspecified atom stereocenters. The summed E-state index contributed by atoms with van der Waals surface area (Å²) in [6.07, 6.45) is 6.91. The van der Waals surface area contributed by atoms with Crippen LogP contribution in [0.2, 0.25) is 0 Å². The number of nitrogens with two attached hydrogens (primary N) is 1. The fourth-order valence-electron chi connectivity index (χ4n) is 1.79. The van der Waals surface area contributed by atoms with Crippen LogP contribution in [0.5, 0.6) is 0 Å². The smallest absolute Gasteiger partial charge is 0.0630 e. The van der Waals surface area contributed by atoms with Crippen molar-refractivity contribution >= 4 is 5.69 Å². The van der Waals surface area contributed by atoms with E-state index in [1.54, 1.807) is 0 Å². The highest BCUT2D eigenvalue weighted by atomic mass is 14.7. The van der Waals surface area contributed by atoms with Crippen LogP contribution in [0.25, 0.3) is 0 Å². The van der Waals surface area contributed by atoms with Crippen LogP contribution >= 0.6 is 0 Å². The Morgan fingerprint density at radius 2 is 2.31 bits per heavy atom. The molecule has 2 rings (SSSR count). The quantitative estimate of drug-likeness (QED) is 0.752. The summed E-state index contributed by atoms with van der Waals surface area (Å²) in [4.78, 5) is 4.37. The standard InChI is InChI=1S/C11H16N2/c1-2-11-10(12)6-9(7-13-11)8-4-3-5-8/h6-8H,2-5,12H2,1H3. The highest BCUT2D eigenvalue weighted by Gasteiger charge is 2.20. The topological polar surface area (TPSA) is 38.9 Å². The van der Waals surface area contributed by atoms with Crippen molar-refractivity contribution in [2.45, 2.75) is 38.5 Å². The third-order valence-electron chi connectivity index (χ3n) is 2.94. The van der Waals surface area contributed by atoms with Gasteiger partial charge in [0, 0.05) is 6.20 Å². The fraction of sp³-hybridized carbons (Fsp3) is 0.545. The molecule has 0 saturated heterocycles. The van der Waals surface area contributed by atoms with Gasteiger partial charge in [-0.2, -0.15) is 0 Å². The number of hydrogen-bond acceptors (Lipinski definition) is 2. The Hall–Kier alpha value is -1.05. The first-order valence-corrected chi connectivity index (χ1v) is 5.05. The maximum atomic E-state index is 5.89. The molecule has 1 heterocycles. The Bertz CT molecular complexity index is 303. The van der Waals surface area contributed by atoms with E-state index in [1.165, 1.54) is 24.8 Å². The number of anilines is 1. The van der Waals surface area contributed by atoms with Crippen LogP contribution in [0.1, 0.15) is 43.4 Å². The van der Waals surface area contributed by atoms with Gasteiger partial charge in [0.25, 0.3) is 0 Å². The molecule has 0 spiro atoms. The predicted molar refractivity (Wildman–Crippen MR) is 54.6 cm³/mol. The predicted octanol–water partition coefficient (Wildman–Crippen LogP) is 2.49. The number of hydrogen-bond donors (Lipinski definition) is 1. The molecular weight excluding hydrogens is 160 g/mol. The number of pyridine rings is 1. The van der Waals surface area contributed by atoms with Crippen molar-refractivity contribution in [3.05, 3.63) is 23.5 Å². The lowest BCUT2D eigenvalue weighted by Gasteiger charge is -2.25. The van der Waals surface area contributed by atoms with Gasteiger partial charge in [0.05, 0.1) is 11.4 Å². The van der Waals surface area contributed by atoms with Gasteiger partial charge in [0.15, 0.2) is 0 Å². The molecule has 2 heteroatoms. The molecule has 0 radical (unpaired) electrons. The van der Waals surface area contributed by atoms with Gasteiger partial charge >= 0.3 is 0 Å². The van der Waals surface area contributed by atoms with E-state index in [0.717, 1.165) is 23.7 Å².